The van der Waals surface area contributed by atoms with Crippen molar-refractivity contribution in [3.63, 3.8) is 0 Å². The first-order chi connectivity index (χ1) is 13.6. The zero-order valence-corrected chi connectivity index (χ0v) is 15.7. The van der Waals surface area contributed by atoms with Crippen molar-refractivity contribution in [1.82, 2.24) is 5.32 Å². The Labute approximate surface area is 167 Å². The van der Waals surface area contributed by atoms with E-state index in [4.69, 9.17) is 16.0 Å². The first-order valence-corrected chi connectivity index (χ1v) is 9.25. The molecule has 142 valence electrons. The van der Waals surface area contributed by atoms with E-state index < -0.39 is 0 Å². The number of furan rings is 1. The number of fused-ring (bicyclic) bond motifs is 1. The molecular formula is C21H18ClN3O3. The number of halogens is 1. The Balaban J connectivity index is 1.43. The molecule has 0 atom stereocenters. The number of anilines is 2. The number of amides is 3. The Morgan fingerprint density at radius 3 is 2.79 bits per heavy atom. The summed E-state index contributed by atoms with van der Waals surface area (Å²) < 4.78 is 5.22. The lowest BCUT2D eigenvalue weighted by atomic mass is 10.1. The Morgan fingerprint density at radius 2 is 2.00 bits per heavy atom. The molecule has 0 unspecified atom stereocenters. The van der Waals surface area contributed by atoms with Crippen molar-refractivity contribution in [2.24, 2.45) is 0 Å². The highest BCUT2D eigenvalue weighted by Gasteiger charge is 2.27. The number of carbonyl (C=O) groups is 2. The second-order valence-corrected chi connectivity index (χ2v) is 6.90. The zero-order valence-electron chi connectivity index (χ0n) is 14.9. The molecule has 3 aromatic rings. The molecule has 7 heteroatoms. The number of nitrogens with one attached hydrogen (secondary N) is 2. The number of benzene rings is 2. The summed E-state index contributed by atoms with van der Waals surface area (Å²) in [5, 5.41) is 6.23. The highest BCUT2D eigenvalue weighted by Crippen LogP contribution is 2.32. The second kappa shape index (κ2) is 7.78. The van der Waals surface area contributed by atoms with Crippen molar-refractivity contribution in [2.75, 3.05) is 16.8 Å². The van der Waals surface area contributed by atoms with Gasteiger partial charge in [-0.25, -0.2) is 4.79 Å². The van der Waals surface area contributed by atoms with Crippen LogP contribution in [0, 0.1) is 0 Å². The van der Waals surface area contributed by atoms with Crippen LogP contribution < -0.4 is 15.5 Å². The minimum Gasteiger partial charge on any atom is -0.459 e. The minimum absolute atomic E-state index is 0.189. The SMILES string of the molecule is O=C(NCc1cccc(Cl)c1)Nc1ccc2c(c1)N(C(=O)c1ccco1)CC2. The highest BCUT2D eigenvalue weighted by molar-refractivity contribution is 6.30. The number of rotatable bonds is 4. The standard InChI is InChI=1S/C21H18ClN3O3/c22-16-4-1-3-14(11-16)13-23-21(27)24-17-7-6-15-8-9-25(18(15)12-17)20(26)19-5-2-10-28-19/h1-7,10-12H,8-9,13H2,(H2,23,24,27). The third-order valence-electron chi connectivity index (χ3n) is 4.56. The molecule has 3 amide bonds. The molecule has 0 fully saturated rings. The Bertz CT molecular complexity index is 1020. The predicted molar refractivity (Wildman–Crippen MR) is 108 cm³/mol. The minimum atomic E-state index is -0.332. The fourth-order valence-electron chi connectivity index (χ4n) is 3.21. The van der Waals surface area contributed by atoms with E-state index in [0.29, 0.717) is 29.6 Å². The predicted octanol–water partition coefficient (Wildman–Crippen LogP) is 4.46. The van der Waals surface area contributed by atoms with Gasteiger partial charge in [0.05, 0.1) is 6.26 Å². The van der Waals surface area contributed by atoms with Crippen LogP contribution in [-0.2, 0) is 13.0 Å². The summed E-state index contributed by atoms with van der Waals surface area (Å²) in [7, 11) is 0. The summed E-state index contributed by atoms with van der Waals surface area (Å²) in [4.78, 5) is 26.5. The highest BCUT2D eigenvalue weighted by atomic mass is 35.5. The maximum Gasteiger partial charge on any atom is 0.319 e. The van der Waals surface area contributed by atoms with Gasteiger partial charge in [-0.2, -0.15) is 0 Å². The van der Waals surface area contributed by atoms with E-state index in [9.17, 15) is 9.59 Å². The van der Waals surface area contributed by atoms with Gasteiger partial charge in [0.15, 0.2) is 5.76 Å². The molecule has 0 spiro atoms. The van der Waals surface area contributed by atoms with E-state index in [0.717, 1.165) is 23.2 Å². The molecule has 0 saturated carbocycles. The van der Waals surface area contributed by atoms with Crippen molar-refractivity contribution in [3.8, 4) is 0 Å². The van der Waals surface area contributed by atoms with Crippen LogP contribution in [0.1, 0.15) is 21.7 Å². The quantitative estimate of drug-likeness (QED) is 0.685. The third-order valence-corrected chi connectivity index (χ3v) is 4.79. The molecule has 1 aromatic heterocycles. The average molecular weight is 396 g/mol. The van der Waals surface area contributed by atoms with Gasteiger partial charge in [0.1, 0.15) is 0 Å². The zero-order chi connectivity index (χ0) is 19.5. The number of hydrogen-bond donors (Lipinski definition) is 2. The topological polar surface area (TPSA) is 74.6 Å². The van der Waals surface area contributed by atoms with E-state index in [-0.39, 0.29) is 11.9 Å². The average Bonchev–Trinajstić information content (AvgIpc) is 3.36. The van der Waals surface area contributed by atoms with Crippen LogP contribution in [0.4, 0.5) is 16.2 Å². The van der Waals surface area contributed by atoms with Crippen LogP contribution in [0.25, 0.3) is 0 Å². The fraction of sp³-hybridized carbons (Fsp3) is 0.143. The molecule has 6 nitrogen and oxygen atoms in total. The Kier molecular flexibility index (Phi) is 5.04. The number of carbonyl (C=O) groups excluding carboxylic acids is 2. The van der Waals surface area contributed by atoms with Gasteiger partial charge in [-0.15, -0.1) is 0 Å². The van der Waals surface area contributed by atoms with Crippen molar-refractivity contribution in [2.45, 2.75) is 13.0 Å². The van der Waals surface area contributed by atoms with Gasteiger partial charge in [0.2, 0.25) is 0 Å². The lowest BCUT2D eigenvalue weighted by Crippen LogP contribution is -2.29. The van der Waals surface area contributed by atoms with Crippen molar-refractivity contribution >= 4 is 34.9 Å². The van der Waals surface area contributed by atoms with E-state index in [1.807, 2.05) is 30.3 Å². The fourth-order valence-corrected chi connectivity index (χ4v) is 3.42. The Hall–Kier alpha value is -3.25. The van der Waals surface area contributed by atoms with Gasteiger partial charge in [0, 0.05) is 29.5 Å². The summed E-state index contributed by atoms with van der Waals surface area (Å²) in [5.41, 5.74) is 3.37. The number of nitrogens with zero attached hydrogens (tertiary/aromatic N) is 1. The summed E-state index contributed by atoms with van der Waals surface area (Å²) in [6.45, 7) is 0.944. The summed E-state index contributed by atoms with van der Waals surface area (Å²) >= 11 is 5.95. The molecule has 1 aliphatic heterocycles. The van der Waals surface area contributed by atoms with Crippen molar-refractivity contribution in [3.05, 3.63) is 82.8 Å². The number of urea groups is 1. The van der Waals surface area contributed by atoms with Gasteiger partial charge in [-0.3, -0.25) is 4.79 Å². The van der Waals surface area contributed by atoms with E-state index in [1.54, 1.807) is 29.2 Å². The lowest BCUT2D eigenvalue weighted by Gasteiger charge is -2.17. The van der Waals surface area contributed by atoms with Crippen molar-refractivity contribution in [1.29, 1.82) is 0 Å². The van der Waals surface area contributed by atoms with Crippen LogP contribution in [0.15, 0.2) is 65.3 Å². The van der Waals surface area contributed by atoms with Gasteiger partial charge in [-0.05, 0) is 53.9 Å². The first kappa shape index (κ1) is 18.1. The molecule has 2 aromatic carbocycles. The smallest absolute Gasteiger partial charge is 0.319 e. The van der Waals surface area contributed by atoms with Crippen LogP contribution in [-0.4, -0.2) is 18.5 Å². The molecule has 2 N–H and O–H groups in total. The number of hydrogen-bond acceptors (Lipinski definition) is 3. The summed E-state index contributed by atoms with van der Waals surface area (Å²) in [6, 6.07) is 15.9. The van der Waals surface area contributed by atoms with Crippen molar-refractivity contribution < 1.29 is 14.0 Å². The van der Waals surface area contributed by atoms with Crippen LogP contribution >= 0.6 is 11.6 Å². The molecule has 28 heavy (non-hydrogen) atoms. The van der Waals surface area contributed by atoms with Crippen LogP contribution in [0.3, 0.4) is 0 Å². The summed E-state index contributed by atoms with van der Waals surface area (Å²) in [5.74, 6) is 0.108. The van der Waals surface area contributed by atoms with Gasteiger partial charge in [-0.1, -0.05) is 29.8 Å². The maximum atomic E-state index is 12.6. The Morgan fingerprint density at radius 1 is 1.11 bits per heavy atom. The molecule has 4 rings (SSSR count). The molecule has 0 radical (unpaired) electrons. The molecule has 0 saturated heterocycles. The first-order valence-electron chi connectivity index (χ1n) is 8.88. The maximum absolute atomic E-state index is 12.6. The van der Waals surface area contributed by atoms with Gasteiger partial charge in [0.25, 0.3) is 5.91 Å². The molecule has 0 aliphatic carbocycles. The van der Waals surface area contributed by atoms with E-state index in [1.165, 1.54) is 6.26 Å². The summed E-state index contributed by atoms with van der Waals surface area (Å²) in [6.07, 6.45) is 2.25. The lowest BCUT2D eigenvalue weighted by molar-refractivity contribution is 0.0963. The van der Waals surface area contributed by atoms with Gasteiger partial charge >= 0.3 is 6.03 Å². The normalized spacial score (nSPS) is 12.5. The monoisotopic (exact) mass is 395 g/mol. The van der Waals surface area contributed by atoms with E-state index >= 15 is 0 Å². The van der Waals surface area contributed by atoms with Gasteiger partial charge < -0.3 is 20.0 Å². The van der Waals surface area contributed by atoms with E-state index in [2.05, 4.69) is 10.6 Å². The molecule has 0 bridgehead atoms. The molecule has 2 heterocycles. The molecule has 1 aliphatic rings. The molecular weight excluding hydrogens is 378 g/mol. The van der Waals surface area contributed by atoms with Crippen LogP contribution in [0.2, 0.25) is 5.02 Å². The second-order valence-electron chi connectivity index (χ2n) is 6.47. The largest absolute Gasteiger partial charge is 0.459 e. The third kappa shape index (κ3) is 3.87. The van der Waals surface area contributed by atoms with Crippen LogP contribution in [0.5, 0.6) is 0 Å².